The van der Waals surface area contributed by atoms with Gasteiger partial charge in [0.25, 0.3) is 0 Å². The number of rotatable bonds is 0. The Morgan fingerprint density at radius 2 is 2.33 bits per heavy atom. The molecule has 3 heteroatoms. The number of cyclic esters (lactones) is 1. The number of allylic oxidation sites excluding steroid dienone is 3. The van der Waals surface area contributed by atoms with Crippen molar-refractivity contribution in [3.63, 3.8) is 0 Å². The van der Waals surface area contributed by atoms with Crippen LogP contribution in [0.1, 0.15) is 12.8 Å². The molecule has 0 spiro atoms. The van der Waals surface area contributed by atoms with Gasteiger partial charge in [0.1, 0.15) is 6.61 Å². The molecule has 2 rings (SSSR count). The molecule has 0 aromatic rings. The Bertz CT molecular complexity index is 278. The summed E-state index contributed by atoms with van der Waals surface area (Å²) in [5, 5.41) is 0. The normalized spacial score (nSPS) is 28.4. The standard InChI is InChI=1S/C9H9BrO2/c10-7-2-1-6-5-12-9(11)8(6)4-3-7/h1,3,8H,2,4-5H2. The highest BCUT2D eigenvalue weighted by Crippen LogP contribution is 2.30. The van der Waals surface area contributed by atoms with Gasteiger partial charge in [-0.1, -0.05) is 28.1 Å². The quantitative estimate of drug-likeness (QED) is 0.470. The van der Waals surface area contributed by atoms with Crippen molar-refractivity contribution in [3.05, 3.63) is 22.2 Å². The summed E-state index contributed by atoms with van der Waals surface area (Å²) in [7, 11) is 0. The van der Waals surface area contributed by atoms with Crippen LogP contribution in [0, 0.1) is 5.92 Å². The second-order valence-corrected chi connectivity index (χ2v) is 4.05. The summed E-state index contributed by atoms with van der Waals surface area (Å²) in [5.41, 5.74) is 1.14. The van der Waals surface area contributed by atoms with E-state index in [2.05, 4.69) is 28.1 Å². The van der Waals surface area contributed by atoms with E-state index in [4.69, 9.17) is 4.74 Å². The van der Waals surface area contributed by atoms with Crippen LogP contribution < -0.4 is 0 Å². The first-order valence-corrected chi connectivity index (χ1v) is 4.77. The summed E-state index contributed by atoms with van der Waals surface area (Å²) < 4.78 is 6.10. The zero-order valence-electron chi connectivity index (χ0n) is 6.55. The largest absolute Gasteiger partial charge is 0.461 e. The monoisotopic (exact) mass is 228 g/mol. The Balaban J connectivity index is 2.25. The summed E-state index contributed by atoms with van der Waals surface area (Å²) in [6.45, 7) is 0.498. The second kappa shape index (κ2) is 3.05. The summed E-state index contributed by atoms with van der Waals surface area (Å²) in [6.07, 6.45) is 5.82. The molecule has 1 fully saturated rings. The summed E-state index contributed by atoms with van der Waals surface area (Å²) in [4.78, 5) is 11.2. The lowest BCUT2D eigenvalue weighted by atomic mass is 10.00. The van der Waals surface area contributed by atoms with E-state index in [0.717, 1.165) is 22.9 Å². The van der Waals surface area contributed by atoms with Crippen molar-refractivity contribution in [2.24, 2.45) is 5.92 Å². The SMILES string of the molecule is O=C1OCC2=CCC(Br)=CCC12. The maximum absolute atomic E-state index is 11.2. The Hall–Kier alpha value is -0.570. The minimum Gasteiger partial charge on any atom is -0.461 e. The van der Waals surface area contributed by atoms with Gasteiger partial charge in [-0.2, -0.15) is 0 Å². The van der Waals surface area contributed by atoms with Crippen LogP contribution in [0.3, 0.4) is 0 Å². The Morgan fingerprint density at radius 3 is 3.17 bits per heavy atom. The number of hydrogen-bond acceptors (Lipinski definition) is 2. The topological polar surface area (TPSA) is 26.3 Å². The molecule has 64 valence electrons. The highest BCUT2D eigenvalue weighted by molar-refractivity contribution is 9.11. The molecule has 0 bridgehead atoms. The summed E-state index contributed by atoms with van der Waals surface area (Å²) in [6, 6.07) is 0. The number of carbonyl (C=O) groups excluding carboxylic acids is 1. The average Bonchev–Trinajstić information content (AvgIpc) is 2.28. The van der Waals surface area contributed by atoms with Gasteiger partial charge in [-0.25, -0.2) is 0 Å². The van der Waals surface area contributed by atoms with E-state index in [1.165, 1.54) is 0 Å². The van der Waals surface area contributed by atoms with Crippen LogP contribution in [0.4, 0.5) is 0 Å². The van der Waals surface area contributed by atoms with Crippen LogP contribution in [0.25, 0.3) is 0 Å². The molecule has 0 amide bonds. The van der Waals surface area contributed by atoms with E-state index < -0.39 is 0 Å². The van der Waals surface area contributed by atoms with Crippen LogP contribution in [0.15, 0.2) is 22.2 Å². The molecule has 1 aliphatic heterocycles. The minimum absolute atomic E-state index is 0.0000463. The van der Waals surface area contributed by atoms with Crippen molar-refractivity contribution in [2.75, 3.05) is 6.61 Å². The zero-order valence-corrected chi connectivity index (χ0v) is 8.13. The Kier molecular flexibility index (Phi) is 2.05. The van der Waals surface area contributed by atoms with Gasteiger partial charge < -0.3 is 4.74 Å². The van der Waals surface area contributed by atoms with Crippen molar-refractivity contribution in [2.45, 2.75) is 12.8 Å². The summed E-state index contributed by atoms with van der Waals surface area (Å²) >= 11 is 3.43. The van der Waals surface area contributed by atoms with E-state index >= 15 is 0 Å². The maximum Gasteiger partial charge on any atom is 0.313 e. The molecule has 0 saturated carbocycles. The first kappa shape index (κ1) is 8.05. The molecule has 1 atom stereocenters. The lowest BCUT2D eigenvalue weighted by Crippen LogP contribution is -2.07. The van der Waals surface area contributed by atoms with Gasteiger partial charge in [-0.15, -0.1) is 0 Å². The van der Waals surface area contributed by atoms with Crippen LogP contribution in [0.5, 0.6) is 0 Å². The fraction of sp³-hybridized carbons (Fsp3) is 0.444. The van der Waals surface area contributed by atoms with Gasteiger partial charge in [0.05, 0.1) is 5.92 Å². The van der Waals surface area contributed by atoms with E-state index in [9.17, 15) is 4.79 Å². The Morgan fingerprint density at radius 1 is 1.50 bits per heavy atom. The third kappa shape index (κ3) is 1.33. The third-order valence-corrected chi connectivity index (χ3v) is 2.89. The lowest BCUT2D eigenvalue weighted by Gasteiger charge is -1.99. The van der Waals surface area contributed by atoms with Gasteiger partial charge in [0.2, 0.25) is 0 Å². The van der Waals surface area contributed by atoms with Crippen molar-refractivity contribution < 1.29 is 9.53 Å². The number of hydrogen-bond donors (Lipinski definition) is 0. The van der Waals surface area contributed by atoms with Gasteiger partial charge in [0.15, 0.2) is 0 Å². The zero-order chi connectivity index (χ0) is 8.55. The molecular formula is C9H9BrO2. The van der Waals surface area contributed by atoms with Crippen molar-refractivity contribution in [1.82, 2.24) is 0 Å². The molecule has 1 heterocycles. The number of halogens is 1. The van der Waals surface area contributed by atoms with Crippen molar-refractivity contribution >= 4 is 21.9 Å². The number of carbonyl (C=O) groups is 1. The first-order valence-electron chi connectivity index (χ1n) is 3.97. The lowest BCUT2D eigenvalue weighted by molar-refractivity contribution is -0.141. The average molecular weight is 229 g/mol. The van der Waals surface area contributed by atoms with E-state index in [0.29, 0.717) is 6.61 Å². The molecule has 0 aromatic heterocycles. The van der Waals surface area contributed by atoms with Crippen LogP contribution in [-0.4, -0.2) is 12.6 Å². The maximum atomic E-state index is 11.2. The number of ether oxygens (including phenoxy) is 1. The molecule has 1 aliphatic carbocycles. The molecule has 12 heavy (non-hydrogen) atoms. The second-order valence-electron chi connectivity index (χ2n) is 3.03. The van der Waals surface area contributed by atoms with Gasteiger partial charge >= 0.3 is 5.97 Å². The van der Waals surface area contributed by atoms with Gasteiger partial charge in [-0.05, 0) is 22.9 Å². The van der Waals surface area contributed by atoms with Gasteiger partial charge in [0, 0.05) is 0 Å². The highest BCUT2D eigenvalue weighted by atomic mass is 79.9. The molecule has 2 nitrogen and oxygen atoms in total. The molecular weight excluding hydrogens is 220 g/mol. The molecule has 1 saturated heterocycles. The van der Waals surface area contributed by atoms with Crippen LogP contribution in [-0.2, 0) is 9.53 Å². The minimum atomic E-state index is -0.0697. The molecule has 0 radical (unpaired) electrons. The van der Waals surface area contributed by atoms with Crippen molar-refractivity contribution in [3.8, 4) is 0 Å². The molecule has 1 unspecified atom stereocenters. The number of fused-ring (bicyclic) bond motifs is 1. The molecule has 2 aliphatic rings. The van der Waals surface area contributed by atoms with Crippen LogP contribution in [0.2, 0.25) is 0 Å². The van der Waals surface area contributed by atoms with Crippen molar-refractivity contribution in [1.29, 1.82) is 0 Å². The first-order chi connectivity index (χ1) is 5.77. The van der Waals surface area contributed by atoms with E-state index in [1.807, 2.05) is 0 Å². The Labute approximate surface area is 79.4 Å². The molecule has 0 aromatic carbocycles. The highest BCUT2D eigenvalue weighted by Gasteiger charge is 2.31. The smallest absolute Gasteiger partial charge is 0.313 e. The fourth-order valence-corrected chi connectivity index (χ4v) is 1.86. The number of esters is 1. The van der Waals surface area contributed by atoms with Gasteiger partial charge in [-0.3, -0.25) is 4.79 Å². The summed E-state index contributed by atoms with van der Waals surface area (Å²) in [5.74, 6) is -0.0697. The molecule has 0 N–H and O–H groups in total. The van der Waals surface area contributed by atoms with E-state index in [-0.39, 0.29) is 11.9 Å². The predicted molar refractivity (Wildman–Crippen MR) is 48.8 cm³/mol. The predicted octanol–water partition coefficient (Wildman–Crippen LogP) is 2.16. The van der Waals surface area contributed by atoms with E-state index in [1.54, 1.807) is 0 Å². The van der Waals surface area contributed by atoms with Crippen LogP contribution >= 0.6 is 15.9 Å². The fourth-order valence-electron chi connectivity index (χ4n) is 1.51. The third-order valence-electron chi connectivity index (χ3n) is 2.25.